The van der Waals surface area contributed by atoms with E-state index in [9.17, 15) is 0 Å². The predicted molar refractivity (Wildman–Crippen MR) is 78.7 cm³/mol. The standard InChI is InChI=1S/C17H25N/c1-2-7-16-11-14-18(15-12-16)13-6-10-17-8-4-3-5-9-17/h2-5,8-9,16H,1,6-7,10-15H2. The first-order valence-electron chi connectivity index (χ1n) is 7.25. The van der Waals surface area contributed by atoms with Crippen molar-refractivity contribution in [1.29, 1.82) is 0 Å². The van der Waals surface area contributed by atoms with Crippen LogP contribution in [0.4, 0.5) is 0 Å². The van der Waals surface area contributed by atoms with Crippen LogP contribution in [0.15, 0.2) is 43.0 Å². The largest absolute Gasteiger partial charge is 0.303 e. The molecule has 0 amide bonds. The summed E-state index contributed by atoms with van der Waals surface area (Å²) >= 11 is 0. The third-order valence-corrected chi connectivity index (χ3v) is 3.99. The van der Waals surface area contributed by atoms with Gasteiger partial charge < -0.3 is 4.90 Å². The van der Waals surface area contributed by atoms with Crippen molar-refractivity contribution in [3.05, 3.63) is 48.6 Å². The molecule has 1 saturated heterocycles. The first-order chi connectivity index (χ1) is 8.88. The van der Waals surface area contributed by atoms with E-state index in [1.54, 1.807) is 0 Å². The smallest absolute Gasteiger partial charge is 0.00156 e. The highest BCUT2D eigenvalue weighted by Gasteiger charge is 2.17. The van der Waals surface area contributed by atoms with Gasteiger partial charge >= 0.3 is 0 Å². The lowest BCUT2D eigenvalue weighted by atomic mass is 9.93. The molecular formula is C17H25N. The Balaban J connectivity index is 1.62. The summed E-state index contributed by atoms with van der Waals surface area (Å²) in [4.78, 5) is 2.63. The minimum absolute atomic E-state index is 0.896. The average Bonchev–Trinajstić information content (AvgIpc) is 2.42. The lowest BCUT2D eigenvalue weighted by Crippen LogP contribution is -2.34. The molecule has 0 bridgehead atoms. The molecule has 18 heavy (non-hydrogen) atoms. The van der Waals surface area contributed by atoms with Crippen LogP contribution in [0.1, 0.15) is 31.2 Å². The van der Waals surface area contributed by atoms with Crippen LogP contribution < -0.4 is 0 Å². The Labute approximate surface area is 112 Å². The summed E-state index contributed by atoms with van der Waals surface area (Å²) in [6, 6.07) is 10.8. The molecule has 1 fully saturated rings. The van der Waals surface area contributed by atoms with Gasteiger partial charge in [-0.15, -0.1) is 6.58 Å². The number of likely N-dealkylation sites (tertiary alicyclic amines) is 1. The van der Waals surface area contributed by atoms with Crippen LogP contribution >= 0.6 is 0 Å². The SMILES string of the molecule is C=CCC1CCN(CCCc2ccccc2)CC1. The van der Waals surface area contributed by atoms with Gasteiger partial charge in [-0.3, -0.25) is 0 Å². The van der Waals surface area contributed by atoms with Gasteiger partial charge in [0, 0.05) is 0 Å². The Morgan fingerprint density at radius 1 is 1.17 bits per heavy atom. The average molecular weight is 243 g/mol. The summed E-state index contributed by atoms with van der Waals surface area (Å²) in [7, 11) is 0. The van der Waals surface area contributed by atoms with E-state index >= 15 is 0 Å². The van der Waals surface area contributed by atoms with Crippen LogP contribution in [0.25, 0.3) is 0 Å². The van der Waals surface area contributed by atoms with Gasteiger partial charge in [-0.05, 0) is 63.2 Å². The minimum atomic E-state index is 0.896. The summed E-state index contributed by atoms with van der Waals surface area (Å²) in [5.74, 6) is 0.896. The Morgan fingerprint density at radius 2 is 1.89 bits per heavy atom. The van der Waals surface area contributed by atoms with Crippen molar-refractivity contribution >= 4 is 0 Å². The number of hydrogen-bond acceptors (Lipinski definition) is 1. The van der Waals surface area contributed by atoms with Crippen molar-refractivity contribution in [3.8, 4) is 0 Å². The van der Waals surface area contributed by atoms with Crippen LogP contribution in [0, 0.1) is 5.92 Å². The highest BCUT2D eigenvalue weighted by atomic mass is 15.1. The van der Waals surface area contributed by atoms with Gasteiger partial charge in [0.15, 0.2) is 0 Å². The Hall–Kier alpha value is -1.08. The molecular weight excluding hydrogens is 218 g/mol. The zero-order chi connectivity index (χ0) is 12.6. The molecule has 0 spiro atoms. The predicted octanol–water partition coefficient (Wildman–Crippen LogP) is 3.91. The third-order valence-electron chi connectivity index (χ3n) is 3.99. The lowest BCUT2D eigenvalue weighted by Gasteiger charge is -2.31. The molecule has 1 heterocycles. The molecule has 2 rings (SSSR count). The molecule has 1 heteroatoms. The molecule has 1 aliphatic heterocycles. The number of hydrogen-bond donors (Lipinski definition) is 0. The van der Waals surface area contributed by atoms with E-state index in [1.807, 2.05) is 0 Å². The quantitative estimate of drug-likeness (QED) is 0.685. The van der Waals surface area contributed by atoms with Gasteiger partial charge in [-0.1, -0.05) is 36.4 Å². The summed E-state index contributed by atoms with van der Waals surface area (Å²) in [5.41, 5.74) is 1.47. The van der Waals surface area contributed by atoms with Crippen LogP contribution in [-0.4, -0.2) is 24.5 Å². The van der Waals surface area contributed by atoms with Gasteiger partial charge in [0.05, 0.1) is 0 Å². The summed E-state index contributed by atoms with van der Waals surface area (Å²) < 4.78 is 0. The van der Waals surface area contributed by atoms with E-state index in [0.717, 1.165) is 5.92 Å². The lowest BCUT2D eigenvalue weighted by molar-refractivity contribution is 0.184. The molecule has 1 aromatic carbocycles. The minimum Gasteiger partial charge on any atom is -0.303 e. The molecule has 0 radical (unpaired) electrons. The monoisotopic (exact) mass is 243 g/mol. The van der Waals surface area contributed by atoms with E-state index < -0.39 is 0 Å². The van der Waals surface area contributed by atoms with Crippen LogP contribution in [0.3, 0.4) is 0 Å². The van der Waals surface area contributed by atoms with Gasteiger partial charge in [-0.25, -0.2) is 0 Å². The van der Waals surface area contributed by atoms with Crippen molar-refractivity contribution in [3.63, 3.8) is 0 Å². The normalized spacial score (nSPS) is 17.8. The van der Waals surface area contributed by atoms with Gasteiger partial charge in [0.25, 0.3) is 0 Å². The third kappa shape index (κ3) is 4.30. The maximum Gasteiger partial charge on any atom is -0.00156 e. The summed E-state index contributed by atoms with van der Waals surface area (Å²) in [6.45, 7) is 7.67. The zero-order valence-corrected chi connectivity index (χ0v) is 11.4. The number of allylic oxidation sites excluding steroid dienone is 1. The number of benzene rings is 1. The van der Waals surface area contributed by atoms with Crippen molar-refractivity contribution < 1.29 is 0 Å². The number of aryl methyl sites for hydroxylation is 1. The van der Waals surface area contributed by atoms with E-state index in [-0.39, 0.29) is 0 Å². The molecule has 98 valence electrons. The zero-order valence-electron chi connectivity index (χ0n) is 11.4. The van der Waals surface area contributed by atoms with E-state index in [4.69, 9.17) is 0 Å². The maximum absolute atomic E-state index is 3.84. The topological polar surface area (TPSA) is 3.24 Å². The molecule has 0 aliphatic carbocycles. The molecule has 0 atom stereocenters. The summed E-state index contributed by atoms with van der Waals surface area (Å²) in [5, 5.41) is 0. The molecule has 0 unspecified atom stereocenters. The molecule has 1 aromatic rings. The van der Waals surface area contributed by atoms with Crippen LogP contribution in [0.2, 0.25) is 0 Å². The van der Waals surface area contributed by atoms with Crippen molar-refractivity contribution in [2.45, 2.75) is 32.1 Å². The molecule has 0 N–H and O–H groups in total. The van der Waals surface area contributed by atoms with E-state index in [2.05, 4.69) is 47.9 Å². The van der Waals surface area contributed by atoms with Crippen molar-refractivity contribution in [1.82, 2.24) is 4.90 Å². The maximum atomic E-state index is 3.84. The number of piperidine rings is 1. The number of rotatable bonds is 6. The Bertz CT molecular complexity index is 336. The van der Waals surface area contributed by atoms with Gasteiger partial charge in [-0.2, -0.15) is 0 Å². The van der Waals surface area contributed by atoms with Crippen molar-refractivity contribution in [2.24, 2.45) is 5.92 Å². The fourth-order valence-electron chi connectivity index (χ4n) is 2.83. The summed E-state index contributed by atoms with van der Waals surface area (Å²) in [6.07, 6.45) is 8.51. The van der Waals surface area contributed by atoms with Gasteiger partial charge in [0.2, 0.25) is 0 Å². The van der Waals surface area contributed by atoms with E-state index in [1.165, 1.54) is 57.3 Å². The fraction of sp³-hybridized carbons (Fsp3) is 0.529. The molecule has 0 saturated carbocycles. The Kier molecular flexibility index (Phi) is 5.47. The second-order valence-corrected chi connectivity index (χ2v) is 5.40. The highest BCUT2D eigenvalue weighted by Crippen LogP contribution is 2.20. The first-order valence-corrected chi connectivity index (χ1v) is 7.25. The molecule has 1 nitrogen and oxygen atoms in total. The van der Waals surface area contributed by atoms with Crippen LogP contribution in [0.5, 0.6) is 0 Å². The molecule has 1 aliphatic rings. The molecule has 0 aromatic heterocycles. The number of nitrogens with zero attached hydrogens (tertiary/aromatic N) is 1. The second kappa shape index (κ2) is 7.38. The fourth-order valence-corrected chi connectivity index (χ4v) is 2.83. The second-order valence-electron chi connectivity index (χ2n) is 5.40. The Morgan fingerprint density at radius 3 is 2.56 bits per heavy atom. The van der Waals surface area contributed by atoms with Gasteiger partial charge in [0.1, 0.15) is 0 Å². The van der Waals surface area contributed by atoms with Crippen molar-refractivity contribution in [2.75, 3.05) is 19.6 Å². The first kappa shape index (κ1) is 13.4. The van der Waals surface area contributed by atoms with Crippen LogP contribution in [-0.2, 0) is 6.42 Å². The van der Waals surface area contributed by atoms with E-state index in [0.29, 0.717) is 0 Å². The highest BCUT2D eigenvalue weighted by molar-refractivity contribution is 5.14.